The van der Waals surface area contributed by atoms with E-state index in [-0.39, 0.29) is 5.78 Å². The van der Waals surface area contributed by atoms with Gasteiger partial charge < -0.3 is 4.74 Å². The smallest absolute Gasteiger partial charge is 0.185 e. The van der Waals surface area contributed by atoms with Crippen molar-refractivity contribution in [3.05, 3.63) is 40.2 Å². The minimum absolute atomic E-state index is 0.206. The van der Waals surface area contributed by atoms with Crippen LogP contribution in [0.2, 0.25) is 0 Å². The molecule has 1 saturated carbocycles. The first kappa shape index (κ1) is 16.8. The minimum atomic E-state index is -0.858. The van der Waals surface area contributed by atoms with Gasteiger partial charge in [0.2, 0.25) is 0 Å². The lowest BCUT2D eigenvalue weighted by molar-refractivity contribution is -0.130. The highest BCUT2D eigenvalue weighted by Gasteiger charge is 2.30. The van der Waals surface area contributed by atoms with Gasteiger partial charge in [0.05, 0.1) is 18.4 Å². The Hall–Kier alpha value is -2.03. The fraction of sp³-hybridized carbons (Fsp3) is 0.421. The van der Waals surface area contributed by atoms with Gasteiger partial charge in [-0.15, -0.1) is 11.3 Å². The van der Waals surface area contributed by atoms with Gasteiger partial charge in [-0.1, -0.05) is 29.8 Å². The van der Waals surface area contributed by atoms with Gasteiger partial charge >= 0.3 is 0 Å². The summed E-state index contributed by atoms with van der Waals surface area (Å²) in [6, 6.07) is 10.1. The third kappa shape index (κ3) is 3.89. The maximum Gasteiger partial charge on any atom is 0.185 e. The summed E-state index contributed by atoms with van der Waals surface area (Å²) in [4.78, 5) is 17.0. The van der Waals surface area contributed by atoms with Gasteiger partial charge in [-0.3, -0.25) is 4.79 Å². The van der Waals surface area contributed by atoms with Crippen molar-refractivity contribution in [2.45, 2.75) is 38.7 Å². The monoisotopic (exact) mass is 340 g/mol. The molecule has 3 rings (SSSR count). The number of ketones is 1. The van der Waals surface area contributed by atoms with Crippen molar-refractivity contribution in [3.63, 3.8) is 0 Å². The minimum Gasteiger partial charge on any atom is -0.370 e. The van der Waals surface area contributed by atoms with E-state index in [2.05, 4.69) is 11.1 Å². The summed E-state index contributed by atoms with van der Waals surface area (Å²) < 4.78 is 5.61. The molecule has 5 heteroatoms. The summed E-state index contributed by atoms with van der Waals surface area (Å²) in [5, 5.41) is 11.9. The van der Waals surface area contributed by atoms with E-state index in [1.807, 2.05) is 36.6 Å². The molecule has 4 nitrogen and oxygen atoms in total. The molecule has 1 heterocycles. The van der Waals surface area contributed by atoms with Crippen LogP contribution >= 0.6 is 11.3 Å². The highest BCUT2D eigenvalue weighted by molar-refractivity contribution is 7.10. The summed E-state index contributed by atoms with van der Waals surface area (Å²) in [5.74, 6) is -0.472. The summed E-state index contributed by atoms with van der Waals surface area (Å²) >= 11 is 1.35. The van der Waals surface area contributed by atoms with Crippen LogP contribution in [-0.4, -0.2) is 23.5 Å². The first-order valence-corrected chi connectivity index (χ1v) is 9.04. The number of nitriles is 1. The molecule has 1 aliphatic rings. The number of aromatic nitrogens is 1. The zero-order valence-corrected chi connectivity index (χ0v) is 14.7. The molecule has 124 valence electrons. The van der Waals surface area contributed by atoms with Gasteiger partial charge in [0.25, 0.3) is 0 Å². The van der Waals surface area contributed by atoms with Gasteiger partial charge in [0.15, 0.2) is 11.7 Å². The fourth-order valence-electron chi connectivity index (χ4n) is 2.40. The number of aryl methyl sites for hydroxylation is 1. The van der Waals surface area contributed by atoms with E-state index >= 15 is 0 Å². The topological polar surface area (TPSA) is 63.0 Å². The van der Waals surface area contributed by atoms with Crippen molar-refractivity contribution in [3.8, 4) is 17.3 Å². The van der Waals surface area contributed by atoms with E-state index in [0.717, 1.165) is 11.3 Å². The molecule has 0 amide bonds. The quantitative estimate of drug-likeness (QED) is 0.761. The van der Waals surface area contributed by atoms with E-state index in [1.165, 1.54) is 29.7 Å². The number of ether oxygens (including phenoxy) is 1. The molecule has 2 aromatic rings. The molecule has 0 saturated heterocycles. The van der Waals surface area contributed by atoms with Crippen molar-refractivity contribution < 1.29 is 9.53 Å². The molecule has 1 aromatic heterocycles. The van der Waals surface area contributed by atoms with Crippen LogP contribution < -0.4 is 0 Å². The van der Waals surface area contributed by atoms with Gasteiger partial charge in [0, 0.05) is 10.9 Å². The van der Waals surface area contributed by atoms with E-state index < -0.39 is 12.0 Å². The van der Waals surface area contributed by atoms with Gasteiger partial charge in [-0.2, -0.15) is 5.26 Å². The van der Waals surface area contributed by atoms with Crippen LogP contribution in [0.5, 0.6) is 0 Å². The number of benzene rings is 1. The third-order valence-corrected chi connectivity index (χ3v) is 5.12. The van der Waals surface area contributed by atoms with Crippen LogP contribution in [0.25, 0.3) is 11.3 Å². The zero-order valence-electron chi connectivity index (χ0n) is 13.9. The second kappa shape index (κ2) is 7.25. The first-order chi connectivity index (χ1) is 11.6. The third-order valence-electron chi connectivity index (χ3n) is 4.21. The van der Waals surface area contributed by atoms with Crippen molar-refractivity contribution in [2.24, 2.45) is 5.92 Å². The lowest BCUT2D eigenvalue weighted by Crippen LogP contribution is -2.27. The maximum absolute atomic E-state index is 12.5. The van der Waals surface area contributed by atoms with Crippen molar-refractivity contribution in [2.75, 3.05) is 6.61 Å². The molecule has 0 aliphatic heterocycles. The van der Waals surface area contributed by atoms with Crippen molar-refractivity contribution in [1.29, 1.82) is 5.26 Å². The summed E-state index contributed by atoms with van der Waals surface area (Å²) in [5.41, 5.74) is 2.97. The lowest BCUT2D eigenvalue weighted by atomic mass is 10.0. The highest BCUT2D eigenvalue weighted by atomic mass is 32.1. The van der Waals surface area contributed by atoms with Crippen molar-refractivity contribution in [1.82, 2.24) is 4.98 Å². The number of carbonyl (C=O) groups excluding carboxylic acids is 1. The summed E-state index contributed by atoms with van der Waals surface area (Å²) in [6.07, 6.45) is 1.78. The fourth-order valence-corrected chi connectivity index (χ4v) is 3.28. The second-order valence-corrected chi connectivity index (χ2v) is 7.21. The number of hydrogen-bond donors (Lipinski definition) is 0. The Morgan fingerprint density at radius 1 is 1.42 bits per heavy atom. The Morgan fingerprint density at radius 2 is 2.12 bits per heavy atom. The van der Waals surface area contributed by atoms with Crippen LogP contribution in [0.1, 0.15) is 36.3 Å². The number of hydrogen-bond acceptors (Lipinski definition) is 5. The Morgan fingerprint density at radius 3 is 2.75 bits per heavy atom. The van der Waals surface area contributed by atoms with E-state index in [1.54, 1.807) is 6.92 Å². The van der Waals surface area contributed by atoms with Gasteiger partial charge in [-0.05, 0) is 32.6 Å². The molecule has 24 heavy (non-hydrogen) atoms. The molecule has 0 spiro atoms. The predicted molar refractivity (Wildman–Crippen MR) is 93.8 cm³/mol. The molecule has 2 atom stereocenters. The standard InChI is InChI=1S/C19H20N2O2S/c1-12-3-7-15(8-4-12)17-11-24-19(21-17)16(9-20)18(22)13(2)23-10-14-5-6-14/h3-4,7-8,11,13-14,16H,5-6,10H2,1-2H3/t13-,16-/m1/s1. The van der Waals surface area contributed by atoms with E-state index in [4.69, 9.17) is 4.74 Å². The highest BCUT2D eigenvalue weighted by Crippen LogP contribution is 2.31. The number of rotatable bonds is 7. The number of nitrogens with zero attached hydrogens (tertiary/aromatic N) is 2. The Kier molecular flexibility index (Phi) is 5.08. The van der Waals surface area contributed by atoms with Crippen LogP contribution in [0.4, 0.5) is 0 Å². The normalized spacial score (nSPS) is 16.4. The summed E-state index contributed by atoms with van der Waals surface area (Å²) in [7, 11) is 0. The maximum atomic E-state index is 12.5. The zero-order chi connectivity index (χ0) is 17.1. The van der Waals surface area contributed by atoms with Gasteiger partial charge in [-0.25, -0.2) is 4.98 Å². The number of carbonyl (C=O) groups is 1. The SMILES string of the molecule is Cc1ccc(-c2csc([C@H](C#N)C(=O)[C@@H](C)OCC3CC3)n2)cc1. The molecular weight excluding hydrogens is 320 g/mol. The molecule has 0 bridgehead atoms. The molecule has 1 aliphatic carbocycles. The summed E-state index contributed by atoms with van der Waals surface area (Å²) in [6.45, 7) is 4.37. The molecule has 1 aromatic carbocycles. The largest absolute Gasteiger partial charge is 0.370 e. The molecular formula is C19H20N2O2S. The average Bonchev–Trinajstić information content (AvgIpc) is 3.30. The Balaban J connectivity index is 1.72. The Labute approximate surface area is 146 Å². The first-order valence-electron chi connectivity index (χ1n) is 8.16. The van der Waals surface area contributed by atoms with Crippen LogP contribution in [0.3, 0.4) is 0 Å². The molecule has 0 radical (unpaired) electrons. The Bertz CT molecular complexity index is 756. The van der Waals surface area contributed by atoms with Crippen LogP contribution in [0, 0.1) is 24.2 Å². The van der Waals surface area contributed by atoms with Gasteiger partial charge in [0.1, 0.15) is 11.1 Å². The number of thiazole rings is 1. The van der Waals surface area contributed by atoms with Crippen molar-refractivity contribution >= 4 is 17.1 Å². The van der Waals surface area contributed by atoms with E-state index in [0.29, 0.717) is 17.5 Å². The van der Waals surface area contributed by atoms with E-state index in [9.17, 15) is 10.1 Å². The average molecular weight is 340 g/mol. The number of Topliss-reactive ketones (excluding diaryl/α,β-unsaturated/α-hetero) is 1. The molecule has 0 N–H and O–H groups in total. The lowest BCUT2D eigenvalue weighted by Gasteiger charge is -2.13. The van der Waals surface area contributed by atoms with Crippen LogP contribution in [0.15, 0.2) is 29.6 Å². The predicted octanol–water partition coefficient (Wildman–Crippen LogP) is 4.11. The molecule has 0 unspecified atom stereocenters. The van der Waals surface area contributed by atoms with Crippen LogP contribution in [-0.2, 0) is 9.53 Å². The second-order valence-electron chi connectivity index (χ2n) is 6.32. The molecule has 1 fully saturated rings.